The van der Waals surface area contributed by atoms with Crippen molar-refractivity contribution in [3.63, 3.8) is 0 Å². The molecule has 13 heteroatoms. The summed E-state index contributed by atoms with van der Waals surface area (Å²) in [5, 5.41) is 29.1. The molecule has 3 rings (SSSR count). The van der Waals surface area contributed by atoms with E-state index in [1.165, 1.54) is 0 Å². The molecule has 0 unspecified atom stereocenters. The number of hydrogen-bond donors (Lipinski definition) is 3. The third kappa shape index (κ3) is 15.8. The van der Waals surface area contributed by atoms with Crippen molar-refractivity contribution in [3.8, 4) is 0 Å². The van der Waals surface area contributed by atoms with Gasteiger partial charge in [0.05, 0.1) is 35.7 Å². The molecule has 0 amide bonds. The van der Waals surface area contributed by atoms with Crippen LogP contribution in [0.5, 0.6) is 0 Å². The second-order valence-electron chi connectivity index (χ2n) is 15.0. The van der Waals surface area contributed by atoms with E-state index in [-0.39, 0.29) is 33.7 Å². The van der Waals surface area contributed by atoms with Crippen LogP contribution >= 0.6 is 0 Å². The Hall–Kier alpha value is -3.44. The first-order chi connectivity index (χ1) is 22.2. The molecule has 0 saturated heterocycles. The van der Waals surface area contributed by atoms with Gasteiger partial charge in [0.2, 0.25) is 0 Å². The predicted octanol–water partition coefficient (Wildman–Crippen LogP) is 5.63. The number of hydrogen-bond acceptors (Lipinski definition) is 9. The molecular weight excluding hydrogens is 668 g/mol. The fraction of sp³-hybridized carbons (Fsp3) is 0.667. The predicted molar refractivity (Wildman–Crippen MR) is 188 cm³/mol. The minimum atomic E-state index is -0.383. The van der Waals surface area contributed by atoms with Crippen LogP contribution in [0.1, 0.15) is 117 Å². The Kier molecular flexibility index (Phi) is 20.1. The minimum absolute atomic E-state index is 0. The van der Waals surface area contributed by atoms with Gasteiger partial charge in [-0.1, -0.05) is 83.1 Å². The first-order valence-corrected chi connectivity index (χ1v) is 17.1. The topological polar surface area (TPSA) is 165 Å². The molecule has 0 atom stereocenters. The SMILES string of the molecule is CC(C)Cc1ncc(CC(C)C)n(O)c1=O.CC(C)Cc1ncc(CC(C)C)n(O)c1=O.CC(C)Cc1ncc(CC(C)C)n(O)c1=O.[Fe]. The molecule has 0 bridgehead atoms. The van der Waals surface area contributed by atoms with Gasteiger partial charge in [-0.25, -0.2) is 0 Å². The van der Waals surface area contributed by atoms with E-state index in [0.717, 1.165) is 14.2 Å². The van der Waals surface area contributed by atoms with Crippen molar-refractivity contribution in [2.24, 2.45) is 35.5 Å². The fourth-order valence-electron chi connectivity index (χ4n) is 4.80. The quantitative estimate of drug-likeness (QED) is 0.158. The zero-order valence-corrected chi connectivity index (χ0v) is 32.6. The second kappa shape index (κ2) is 21.6. The molecule has 0 aliphatic carbocycles. The van der Waals surface area contributed by atoms with E-state index in [9.17, 15) is 30.0 Å². The Labute approximate surface area is 302 Å². The van der Waals surface area contributed by atoms with Crippen molar-refractivity contribution in [2.45, 2.75) is 122 Å². The molecule has 0 fully saturated rings. The van der Waals surface area contributed by atoms with Crippen molar-refractivity contribution in [2.75, 3.05) is 0 Å². The van der Waals surface area contributed by atoms with Crippen molar-refractivity contribution in [1.82, 2.24) is 29.1 Å². The molecule has 3 aromatic rings. The van der Waals surface area contributed by atoms with Gasteiger partial charge in [0.25, 0.3) is 0 Å². The molecule has 3 N–H and O–H groups in total. The van der Waals surface area contributed by atoms with Crippen LogP contribution in [0, 0.1) is 35.5 Å². The summed E-state index contributed by atoms with van der Waals surface area (Å²) < 4.78 is 2.22. The van der Waals surface area contributed by atoms with Crippen molar-refractivity contribution in [1.29, 1.82) is 0 Å². The molecule has 0 aliphatic heterocycles. The number of aromatic nitrogens is 6. The Morgan fingerprint density at radius 3 is 0.776 bits per heavy atom. The fourth-order valence-corrected chi connectivity index (χ4v) is 4.80. The third-order valence-corrected chi connectivity index (χ3v) is 6.90. The van der Waals surface area contributed by atoms with Crippen LogP contribution in [0.25, 0.3) is 0 Å². The zero-order chi connectivity index (χ0) is 36.9. The Morgan fingerprint density at radius 2 is 0.612 bits per heavy atom. The van der Waals surface area contributed by atoms with E-state index in [0.29, 0.717) is 108 Å². The molecule has 0 aliphatic rings. The van der Waals surface area contributed by atoms with Gasteiger partial charge in [0.1, 0.15) is 17.1 Å². The van der Waals surface area contributed by atoms with Gasteiger partial charge in [-0.15, -0.1) is 14.2 Å². The van der Waals surface area contributed by atoms with Crippen molar-refractivity contribution < 1.29 is 32.7 Å². The number of rotatable bonds is 12. The van der Waals surface area contributed by atoms with E-state index in [4.69, 9.17) is 0 Å². The minimum Gasteiger partial charge on any atom is -0.425 e. The average Bonchev–Trinajstić information content (AvgIpc) is 2.96. The van der Waals surface area contributed by atoms with Gasteiger partial charge in [-0.05, 0) is 74.0 Å². The molecule has 0 aromatic carbocycles. The van der Waals surface area contributed by atoms with Crippen LogP contribution in [-0.4, -0.2) is 44.8 Å². The van der Waals surface area contributed by atoms with Crippen molar-refractivity contribution >= 4 is 0 Å². The zero-order valence-electron chi connectivity index (χ0n) is 31.5. The Balaban J connectivity index is 0.000000698. The van der Waals surface area contributed by atoms with E-state index >= 15 is 0 Å². The van der Waals surface area contributed by atoms with E-state index in [1.54, 1.807) is 18.6 Å². The molecule has 12 nitrogen and oxygen atoms in total. The van der Waals surface area contributed by atoms with Crippen LogP contribution < -0.4 is 16.7 Å². The molecule has 0 spiro atoms. The van der Waals surface area contributed by atoms with E-state index in [1.807, 2.05) is 83.1 Å². The van der Waals surface area contributed by atoms with Gasteiger partial charge in [0.15, 0.2) is 0 Å². The van der Waals surface area contributed by atoms with Crippen LogP contribution in [0.2, 0.25) is 0 Å². The van der Waals surface area contributed by atoms with Crippen LogP contribution in [0.4, 0.5) is 0 Å². The van der Waals surface area contributed by atoms with E-state index < -0.39 is 0 Å². The summed E-state index contributed by atoms with van der Waals surface area (Å²) in [6, 6.07) is 0. The Bertz CT molecular complexity index is 1420. The molecule has 3 aromatic heterocycles. The molecule has 0 radical (unpaired) electrons. The van der Waals surface area contributed by atoms with Gasteiger partial charge >= 0.3 is 16.7 Å². The first-order valence-electron chi connectivity index (χ1n) is 17.1. The maximum Gasteiger partial charge on any atom is 0.304 e. The summed E-state index contributed by atoms with van der Waals surface area (Å²) in [5.41, 5.74) is 1.89. The summed E-state index contributed by atoms with van der Waals surface area (Å²) in [4.78, 5) is 47.7. The first kappa shape index (κ1) is 45.6. The number of nitrogens with zero attached hydrogens (tertiary/aromatic N) is 6. The largest absolute Gasteiger partial charge is 0.425 e. The van der Waals surface area contributed by atoms with Gasteiger partial charge in [0, 0.05) is 17.1 Å². The Morgan fingerprint density at radius 1 is 0.429 bits per heavy atom. The molecule has 49 heavy (non-hydrogen) atoms. The smallest absolute Gasteiger partial charge is 0.304 e. The van der Waals surface area contributed by atoms with Crippen LogP contribution in [0.15, 0.2) is 33.0 Å². The molecule has 3 heterocycles. The summed E-state index contributed by atoms with van der Waals surface area (Å²) >= 11 is 0. The second-order valence-corrected chi connectivity index (χ2v) is 15.0. The van der Waals surface area contributed by atoms with Gasteiger partial charge in [-0.2, -0.15) is 0 Å². The van der Waals surface area contributed by atoms with Gasteiger partial charge in [-0.3, -0.25) is 29.3 Å². The van der Waals surface area contributed by atoms with Crippen molar-refractivity contribution in [3.05, 3.63) is 83.8 Å². The maximum absolute atomic E-state index is 11.8. The van der Waals surface area contributed by atoms with Crippen LogP contribution in [-0.2, 0) is 55.6 Å². The van der Waals surface area contributed by atoms with Gasteiger partial charge < -0.3 is 15.6 Å². The normalized spacial score (nSPS) is 11.1. The summed E-state index contributed by atoms with van der Waals surface area (Å²) in [7, 11) is 0. The summed E-state index contributed by atoms with van der Waals surface area (Å²) in [5.74, 6) is 2.23. The van der Waals surface area contributed by atoms with Crippen LogP contribution in [0.3, 0.4) is 0 Å². The van der Waals surface area contributed by atoms with E-state index in [2.05, 4.69) is 15.0 Å². The standard InChI is InChI=1S/3C12H20N2O2.Fe/c3*1-8(2)5-10-7-13-11(6-9(3)4)12(15)14(10)16;/h3*7-9,16H,5-6H2,1-4H3;. The summed E-state index contributed by atoms with van der Waals surface area (Å²) in [6.07, 6.45) is 8.55. The molecule has 0 saturated carbocycles. The molecule has 278 valence electrons. The average molecular weight is 729 g/mol. The maximum atomic E-state index is 11.8. The molecular formula is C36H60FeN6O6. The monoisotopic (exact) mass is 728 g/mol. The summed E-state index contributed by atoms with van der Waals surface area (Å²) in [6.45, 7) is 24.3. The third-order valence-electron chi connectivity index (χ3n) is 6.90.